The van der Waals surface area contributed by atoms with Crippen LogP contribution in [0, 0.1) is 22.7 Å². The number of rotatable bonds is 5. The maximum absolute atomic E-state index is 11.4. The molecule has 0 radical (unpaired) electrons. The molecule has 0 fully saturated rings. The molecule has 0 aliphatic carbocycles. The molecule has 0 saturated carbocycles. The topological polar surface area (TPSA) is 103 Å². The Kier molecular flexibility index (Phi) is 5.02. The number of ether oxygens (including phenoxy) is 2. The van der Waals surface area contributed by atoms with Crippen LogP contribution in [0.15, 0.2) is 66.7 Å². The van der Waals surface area contributed by atoms with Gasteiger partial charge in [0.2, 0.25) is 0 Å². The first-order valence-corrected chi connectivity index (χ1v) is 7.82. The van der Waals surface area contributed by atoms with Crippen molar-refractivity contribution >= 4 is 5.97 Å². The van der Waals surface area contributed by atoms with Gasteiger partial charge in [-0.15, -0.1) is 0 Å². The molecule has 0 bridgehead atoms. The maximum Gasteiger partial charge on any atom is 0.335 e. The van der Waals surface area contributed by atoms with Gasteiger partial charge in [0.1, 0.15) is 23.0 Å². The van der Waals surface area contributed by atoms with Crippen LogP contribution in [0.3, 0.4) is 0 Å². The molecule has 3 rings (SSSR count). The van der Waals surface area contributed by atoms with E-state index in [2.05, 4.69) is 0 Å². The van der Waals surface area contributed by atoms with Crippen LogP contribution in [-0.4, -0.2) is 11.1 Å². The van der Waals surface area contributed by atoms with Gasteiger partial charge in [-0.2, -0.15) is 10.5 Å². The third-order valence-corrected chi connectivity index (χ3v) is 3.52. The third kappa shape index (κ3) is 4.41. The smallest absolute Gasteiger partial charge is 0.335 e. The van der Waals surface area contributed by atoms with Crippen LogP contribution in [0.5, 0.6) is 23.0 Å². The van der Waals surface area contributed by atoms with Crippen molar-refractivity contribution in [2.45, 2.75) is 0 Å². The molecule has 3 aromatic rings. The molecule has 0 saturated heterocycles. The molecule has 0 spiro atoms. The Bertz CT molecular complexity index is 1020. The predicted molar refractivity (Wildman–Crippen MR) is 95.9 cm³/mol. The summed E-state index contributed by atoms with van der Waals surface area (Å²) in [7, 11) is 0. The number of nitriles is 2. The number of benzene rings is 3. The van der Waals surface area contributed by atoms with Gasteiger partial charge in [-0.05, 0) is 48.5 Å². The Morgan fingerprint density at radius 2 is 1.22 bits per heavy atom. The summed E-state index contributed by atoms with van der Waals surface area (Å²) < 4.78 is 11.4. The first-order chi connectivity index (χ1) is 13.1. The van der Waals surface area contributed by atoms with Gasteiger partial charge in [0.05, 0.1) is 28.8 Å². The minimum atomic E-state index is -1.14. The highest BCUT2D eigenvalue weighted by atomic mass is 16.5. The molecule has 6 nitrogen and oxygen atoms in total. The summed E-state index contributed by atoms with van der Waals surface area (Å²) >= 11 is 0. The van der Waals surface area contributed by atoms with Crippen molar-refractivity contribution in [2.75, 3.05) is 0 Å². The Morgan fingerprint density at radius 1 is 0.741 bits per heavy atom. The van der Waals surface area contributed by atoms with Crippen LogP contribution in [-0.2, 0) is 0 Å². The van der Waals surface area contributed by atoms with Gasteiger partial charge < -0.3 is 14.6 Å². The Hall–Kier alpha value is -4.29. The second-order valence-electron chi connectivity index (χ2n) is 5.48. The molecule has 0 atom stereocenters. The third-order valence-electron chi connectivity index (χ3n) is 3.52. The van der Waals surface area contributed by atoms with Crippen molar-refractivity contribution in [3.63, 3.8) is 0 Å². The first-order valence-electron chi connectivity index (χ1n) is 7.82. The van der Waals surface area contributed by atoms with Gasteiger partial charge in [0.25, 0.3) is 0 Å². The molecular formula is C21H12N2O4. The summed E-state index contributed by atoms with van der Waals surface area (Å²) in [6.07, 6.45) is 0. The van der Waals surface area contributed by atoms with Gasteiger partial charge in [-0.3, -0.25) is 0 Å². The molecule has 0 aliphatic heterocycles. The lowest BCUT2D eigenvalue weighted by Gasteiger charge is -2.11. The quantitative estimate of drug-likeness (QED) is 0.710. The van der Waals surface area contributed by atoms with Crippen molar-refractivity contribution in [2.24, 2.45) is 0 Å². The summed E-state index contributed by atoms with van der Waals surface area (Å²) in [4.78, 5) is 11.4. The molecule has 3 aromatic carbocycles. The highest BCUT2D eigenvalue weighted by molar-refractivity contribution is 5.88. The number of carboxylic acid groups (broad SMARTS) is 1. The number of carboxylic acids is 1. The Labute approximate surface area is 155 Å². The van der Waals surface area contributed by atoms with Crippen LogP contribution in [0.2, 0.25) is 0 Å². The van der Waals surface area contributed by atoms with E-state index in [9.17, 15) is 9.90 Å². The zero-order valence-electron chi connectivity index (χ0n) is 13.9. The van der Waals surface area contributed by atoms with E-state index in [0.29, 0.717) is 22.6 Å². The van der Waals surface area contributed by atoms with Gasteiger partial charge in [-0.1, -0.05) is 12.1 Å². The Morgan fingerprint density at radius 3 is 1.63 bits per heavy atom. The lowest BCUT2D eigenvalue weighted by molar-refractivity contribution is 0.0696. The van der Waals surface area contributed by atoms with Crippen molar-refractivity contribution in [1.29, 1.82) is 10.5 Å². The summed E-state index contributed by atoms with van der Waals surface area (Å²) in [5.74, 6) is 0.151. The predicted octanol–water partition coefficient (Wildman–Crippen LogP) is 4.71. The highest BCUT2D eigenvalue weighted by Gasteiger charge is 2.11. The highest BCUT2D eigenvalue weighted by Crippen LogP contribution is 2.31. The van der Waals surface area contributed by atoms with Crippen LogP contribution in [0.1, 0.15) is 21.5 Å². The molecule has 27 heavy (non-hydrogen) atoms. The molecular weight excluding hydrogens is 344 g/mol. The number of aromatic carboxylic acids is 1. The summed E-state index contributed by atoms with van der Waals surface area (Å²) in [5.41, 5.74) is 0.828. The van der Waals surface area contributed by atoms with Crippen LogP contribution < -0.4 is 9.47 Å². The first kappa shape index (κ1) is 17.5. The van der Waals surface area contributed by atoms with E-state index in [0.717, 1.165) is 0 Å². The van der Waals surface area contributed by atoms with Gasteiger partial charge >= 0.3 is 5.97 Å². The van der Waals surface area contributed by atoms with E-state index in [-0.39, 0.29) is 17.1 Å². The standard InChI is InChI=1S/C21H12N2O4/c22-12-14-3-1-5-17(7-14)26-19-9-16(21(24)25)10-20(11-19)27-18-6-2-4-15(8-18)13-23/h1-11H,(H,24,25). The lowest BCUT2D eigenvalue weighted by atomic mass is 10.2. The zero-order chi connectivity index (χ0) is 19.2. The normalized spacial score (nSPS) is 9.70. The summed E-state index contributed by atoms with van der Waals surface area (Å²) in [6, 6.07) is 21.3. The van der Waals surface area contributed by atoms with Crippen LogP contribution in [0.4, 0.5) is 0 Å². The molecule has 130 valence electrons. The largest absolute Gasteiger partial charge is 0.478 e. The lowest BCUT2D eigenvalue weighted by Crippen LogP contribution is -1.98. The number of hydrogen-bond donors (Lipinski definition) is 1. The van der Waals surface area contributed by atoms with E-state index in [1.807, 2.05) is 12.1 Å². The molecule has 1 N–H and O–H groups in total. The van der Waals surface area contributed by atoms with Crippen molar-refractivity contribution in [3.8, 4) is 35.1 Å². The maximum atomic E-state index is 11.4. The van der Waals surface area contributed by atoms with E-state index in [4.69, 9.17) is 20.0 Å². The van der Waals surface area contributed by atoms with Crippen LogP contribution in [0.25, 0.3) is 0 Å². The Balaban J connectivity index is 1.93. The van der Waals surface area contributed by atoms with E-state index < -0.39 is 5.97 Å². The van der Waals surface area contributed by atoms with E-state index in [1.165, 1.54) is 18.2 Å². The SMILES string of the molecule is N#Cc1cccc(Oc2cc(Oc3cccc(C#N)c3)cc(C(=O)O)c2)c1. The average molecular weight is 356 g/mol. The van der Waals surface area contributed by atoms with E-state index >= 15 is 0 Å². The van der Waals surface area contributed by atoms with Crippen LogP contribution >= 0.6 is 0 Å². The van der Waals surface area contributed by atoms with Crippen molar-refractivity contribution in [1.82, 2.24) is 0 Å². The minimum absolute atomic E-state index is 0.0182. The number of hydrogen-bond acceptors (Lipinski definition) is 5. The fraction of sp³-hybridized carbons (Fsp3) is 0. The fourth-order valence-electron chi connectivity index (χ4n) is 2.34. The van der Waals surface area contributed by atoms with Crippen molar-refractivity contribution in [3.05, 3.63) is 83.4 Å². The minimum Gasteiger partial charge on any atom is -0.478 e. The monoisotopic (exact) mass is 356 g/mol. The molecule has 0 heterocycles. The number of nitrogens with zero attached hydrogens (tertiary/aromatic N) is 2. The molecule has 0 unspecified atom stereocenters. The summed E-state index contributed by atoms with van der Waals surface area (Å²) in [6.45, 7) is 0. The van der Waals surface area contributed by atoms with Gasteiger partial charge in [0, 0.05) is 6.07 Å². The zero-order valence-corrected chi connectivity index (χ0v) is 13.9. The second kappa shape index (κ2) is 7.73. The fourth-order valence-corrected chi connectivity index (χ4v) is 2.34. The summed E-state index contributed by atoms with van der Waals surface area (Å²) in [5, 5.41) is 27.3. The van der Waals surface area contributed by atoms with Crippen molar-refractivity contribution < 1.29 is 19.4 Å². The molecule has 0 aromatic heterocycles. The average Bonchev–Trinajstić information content (AvgIpc) is 2.68. The van der Waals surface area contributed by atoms with Gasteiger partial charge in [0.15, 0.2) is 0 Å². The van der Waals surface area contributed by atoms with Gasteiger partial charge in [-0.25, -0.2) is 4.79 Å². The molecule has 6 heteroatoms. The van der Waals surface area contributed by atoms with E-state index in [1.54, 1.807) is 48.5 Å². The second-order valence-corrected chi connectivity index (χ2v) is 5.48. The molecule has 0 amide bonds. The number of carbonyl (C=O) groups is 1. The molecule has 0 aliphatic rings.